The van der Waals surface area contributed by atoms with E-state index in [1.807, 2.05) is 12.1 Å². The second kappa shape index (κ2) is 8.19. The van der Waals surface area contributed by atoms with Crippen LogP contribution in [-0.2, 0) is 15.4 Å². The molecule has 0 aromatic heterocycles. The van der Waals surface area contributed by atoms with Gasteiger partial charge in [-0.25, -0.2) is 13.1 Å². The Labute approximate surface area is 122 Å². The largest absolute Gasteiger partial charge is 0.240 e. The highest BCUT2D eigenvalue weighted by Crippen LogP contribution is 2.12. The van der Waals surface area contributed by atoms with Crippen molar-refractivity contribution < 1.29 is 8.42 Å². The van der Waals surface area contributed by atoms with Crippen molar-refractivity contribution in [3.8, 4) is 0 Å². The summed E-state index contributed by atoms with van der Waals surface area (Å²) in [6.45, 7) is 0.503. The van der Waals surface area contributed by atoms with Crippen molar-refractivity contribution in [2.75, 3.05) is 18.6 Å². The zero-order valence-electron chi connectivity index (χ0n) is 10.4. The number of hydrogen-bond acceptors (Lipinski definition) is 3. The fraction of sp³-hybridized carbons (Fsp3) is 0.500. The Morgan fingerprint density at radius 3 is 2.44 bits per heavy atom. The SMILES string of the molecule is CSCCCCNS(=O)(=O)c1ccc(CBr)cc1. The highest BCUT2D eigenvalue weighted by molar-refractivity contribution is 9.08. The average molecular weight is 352 g/mol. The Morgan fingerprint density at radius 1 is 1.22 bits per heavy atom. The number of hydrogen-bond donors (Lipinski definition) is 1. The molecule has 0 aliphatic rings. The Hall–Kier alpha value is -0.0400. The number of thioether (sulfide) groups is 1. The van der Waals surface area contributed by atoms with Gasteiger partial charge >= 0.3 is 0 Å². The van der Waals surface area contributed by atoms with Crippen LogP contribution < -0.4 is 4.72 Å². The van der Waals surface area contributed by atoms with Crippen LogP contribution in [0.15, 0.2) is 29.2 Å². The lowest BCUT2D eigenvalue weighted by Crippen LogP contribution is -2.24. The Morgan fingerprint density at radius 2 is 1.89 bits per heavy atom. The van der Waals surface area contributed by atoms with Gasteiger partial charge in [-0.3, -0.25) is 0 Å². The van der Waals surface area contributed by atoms with E-state index in [4.69, 9.17) is 0 Å². The Bertz CT molecular complexity index is 446. The number of rotatable bonds is 8. The third-order valence-electron chi connectivity index (χ3n) is 2.46. The van der Waals surface area contributed by atoms with Gasteiger partial charge in [-0.1, -0.05) is 28.1 Å². The monoisotopic (exact) mass is 351 g/mol. The molecule has 18 heavy (non-hydrogen) atoms. The Kier molecular flexibility index (Phi) is 7.29. The predicted octanol–water partition coefficient (Wildman–Crippen LogP) is 3.00. The number of halogens is 1. The third-order valence-corrected chi connectivity index (χ3v) is 5.28. The molecule has 0 spiro atoms. The van der Waals surface area contributed by atoms with Gasteiger partial charge in [0.05, 0.1) is 4.90 Å². The van der Waals surface area contributed by atoms with E-state index in [-0.39, 0.29) is 0 Å². The molecule has 0 aliphatic heterocycles. The lowest BCUT2D eigenvalue weighted by atomic mass is 10.2. The number of unbranched alkanes of at least 4 members (excludes halogenated alkanes) is 1. The normalized spacial score (nSPS) is 11.7. The maximum atomic E-state index is 11.9. The molecule has 1 aromatic carbocycles. The molecule has 1 N–H and O–H groups in total. The summed E-state index contributed by atoms with van der Waals surface area (Å²) in [5.41, 5.74) is 1.06. The van der Waals surface area contributed by atoms with Crippen LogP contribution in [0.2, 0.25) is 0 Å². The maximum Gasteiger partial charge on any atom is 0.240 e. The van der Waals surface area contributed by atoms with E-state index in [0.717, 1.165) is 29.5 Å². The van der Waals surface area contributed by atoms with Crippen LogP contribution in [0.4, 0.5) is 0 Å². The molecule has 0 bridgehead atoms. The molecule has 0 fully saturated rings. The van der Waals surface area contributed by atoms with Gasteiger partial charge in [-0.2, -0.15) is 11.8 Å². The Balaban J connectivity index is 2.51. The van der Waals surface area contributed by atoms with E-state index >= 15 is 0 Å². The fourth-order valence-electron chi connectivity index (χ4n) is 1.42. The summed E-state index contributed by atoms with van der Waals surface area (Å²) in [7, 11) is -3.34. The van der Waals surface area contributed by atoms with Crippen LogP contribution in [0.5, 0.6) is 0 Å². The molecule has 0 saturated heterocycles. The summed E-state index contributed by atoms with van der Waals surface area (Å²) in [6.07, 6.45) is 3.96. The molecule has 0 heterocycles. The quantitative estimate of drug-likeness (QED) is 0.578. The zero-order chi connectivity index (χ0) is 13.4. The molecule has 1 rings (SSSR count). The first-order valence-corrected chi connectivity index (χ1v) is 9.73. The van der Waals surface area contributed by atoms with Crippen LogP contribution in [-0.4, -0.2) is 27.0 Å². The molecule has 0 amide bonds. The molecular formula is C12H18BrNO2S2. The van der Waals surface area contributed by atoms with Crippen LogP contribution >= 0.6 is 27.7 Å². The molecule has 3 nitrogen and oxygen atoms in total. The van der Waals surface area contributed by atoms with E-state index in [9.17, 15) is 8.42 Å². The second-order valence-electron chi connectivity index (χ2n) is 3.88. The second-order valence-corrected chi connectivity index (χ2v) is 7.19. The topological polar surface area (TPSA) is 46.2 Å². The van der Waals surface area contributed by atoms with E-state index in [2.05, 4.69) is 26.9 Å². The van der Waals surface area contributed by atoms with Gasteiger partial charge in [0.15, 0.2) is 0 Å². The van der Waals surface area contributed by atoms with Crippen LogP contribution in [0, 0.1) is 0 Å². The minimum absolute atomic E-state index is 0.331. The van der Waals surface area contributed by atoms with E-state index in [1.165, 1.54) is 0 Å². The van der Waals surface area contributed by atoms with Crippen molar-refractivity contribution in [3.05, 3.63) is 29.8 Å². The zero-order valence-corrected chi connectivity index (χ0v) is 13.6. The van der Waals surface area contributed by atoms with Crippen LogP contribution in [0.3, 0.4) is 0 Å². The smallest absolute Gasteiger partial charge is 0.211 e. The van der Waals surface area contributed by atoms with Crippen molar-refractivity contribution in [1.29, 1.82) is 0 Å². The summed E-state index contributed by atoms with van der Waals surface area (Å²) >= 11 is 5.11. The molecular weight excluding hydrogens is 334 g/mol. The van der Waals surface area contributed by atoms with E-state index < -0.39 is 10.0 Å². The van der Waals surface area contributed by atoms with Gasteiger partial charge in [0, 0.05) is 11.9 Å². The first kappa shape index (κ1) is 16.0. The molecule has 0 aliphatic carbocycles. The average Bonchev–Trinajstić information content (AvgIpc) is 2.38. The fourth-order valence-corrected chi connectivity index (χ4v) is 3.36. The molecule has 1 aromatic rings. The van der Waals surface area contributed by atoms with Crippen molar-refractivity contribution in [2.24, 2.45) is 0 Å². The van der Waals surface area contributed by atoms with Crippen molar-refractivity contribution in [3.63, 3.8) is 0 Å². The predicted molar refractivity (Wildman–Crippen MR) is 81.9 cm³/mol. The lowest BCUT2D eigenvalue weighted by Gasteiger charge is -2.07. The van der Waals surface area contributed by atoms with Crippen LogP contribution in [0.1, 0.15) is 18.4 Å². The summed E-state index contributed by atoms with van der Waals surface area (Å²) in [5, 5.41) is 0.732. The van der Waals surface area contributed by atoms with Gasteiger partial charge < -0.3 is 0 Å². The van der Waals surface area contributed by atoms with Gasteiger partial charge in [0.2, 0.25) is 10.0 Å². The standard InChI is InChI=1S/C12H18BrNO2S2/c1-17-9-3-2-8-14-18(15,16)12-6-4-11(10-13)5-7-12/h4-7,14H,2-3,8-10H2,1H3. The molecule has 0 radical (unpaired) electrons. The van der Waals surface area contributed by atoms with E-state index in [0.29, 0.717) is 11.4 Å². The van der Waals surface area contributed by atoms with E-state index in [1.54, 1.807) is 23.9 Å². The molecule has 6 heteroatoms. The molecule has 0 unspecified atom stereocenters. The minimum atomic E-state index is -3.34. The molecule has 0 atom stereocenters. The minimum Gasteiger partial charge on any atom is -0.211 e. The summed E-state index contributed by atoms with van der Waals surface area (Å²) in [5.74, 6) is 1.07. The number of sulfonamides is 1. The van der Waals surface area contributed by atoms with Crippen LogP contribution in [0.25, 0.3) is 0 Å². The van der Waals surface area contributed by atoms with Gasteiger partial charge in [0.25, 0.3) is 0 Å². The third kappa shape index (κ3) is 5.30. The summed E-state index contributed by atoms with van der Waals surface area (Å²) in [4.78, 5) is 0.331. The van der Waals surface area contributed by atoms with Gasteiger partial charge in [-0.15, -0.1) is 0 Å². The highest BCUT2D eigenvalue weighted by Gasteiger charge is 2.12. The number of nitrogens with one attached hydrogen (secondary N) is 1. The molecule has 102 valence electrons. The highest BCUT2D eigenvalue weighted by atomic mass is 79.9. The lowest BCUT2D eigenvalue weighted by molar-refractivity contribution is 0.578. The van der Waals surface area contributed by atoms with Crippen molar-refractivity contribution >= 4 is 37.7 Å². The summed E-state index contributed by atoms with van der Waals surface area (Å²) in [6, 6.07) is 6.91. The first-order chi connectivity index (χ1) is 8.60. The number of benzene rings is 1. The first-order valence-electron chi connectivity index (χ1n) is 5.73. The van der Waals surface area contributed by atoms with Crippen molar-refractivity contribution in [1.82, 2.24) is 4.72 Å². The maximum absolute atomic E-state index is 11.9. The summed E-state index contributed by atoms with van der Waals surface area (Å²) < 4.78 is 26.5. The number of alkyl halides is 1. The van der Waals surface area contributed by atoms with Crippen molar-refractivity contribution in [2.45, 2.75) is 23.1 Å². The van der Waals surface area contributed by atoms with Gasteiger partial charge in [0.1, 0.15) is 0 Å². The molecule has 0 saturated carbocycles. The van der Waals surface area contributed by atoms with Gasteiger partial charge in [-0.05, 0) is 42.5 Å².